The SMILES string of the molecule is CCc1nccc(-c2cnc([C@@H]3CC[C@@H]4CC(c5c(-n6cnnn6)ccc(Cl)c5F)=CC(=O)N43)[nH]2)c1F. The summed E-state index contributed by atoms with van der Waals surface area (Å²) in [4.78, 5) is 26.9. The lowest BCUT2D eigenvalue weighted by atomic mass is 9.92. The van der Waals surface area contributed by atoms with E-state index in [1.54, 1.807) is 29.4 Å². The first kappa shape index (κ1) is 23.4. The molecule has 1 fully saturated rings. The van der Waals surface area contributed by atoms with Gasteiger partial charge in [0.1, 0.15) is 12.2 Å². The number of aromatic amines is 1. The van der Waals surface area contributed by atoms with Crippen LogP contribution in [0, 0.1) is 11.6 Å². The maximum atomic E-state index is 15.3. The third kappa shape index (κ3) is 3.90. The molecule has 0 unspecified atom stereocenters. The van der Waals surface area contributed by atoms with Gasteiger partial charge in [-0.25, -0.2) is 13.8 Å². The predicted octanol–water partition coefficient (Wildman–Crippen LogP) is 4.46. The number of hydrogen-bond acceptors (Lipinski definition) is 6. The van der Waals surface area contributed by atoms with Crippen LogP contribution in [0.3, 0.4) is 0 Å². The molecule has 1 saturated heterocycles. The molecule has 0 spiro atoms. The Morgan fingerprint density at radius 1 is 1.16 bits per heavy atom. The minimum atomic E-state index is -0.627. The number of carbonyl (C=O) groups excluding carboxylic acids is 1. The van der Waals surface area contributed by atoms with Crippen molar-refractivity contribution in [3.05, 3.63) is 76.7 Å². The molecule has 6 rings (SSSR count). The molecule has 1 amide bonds. The third-order valence-electron chi connectivity index (χ3n) is 7.00. The van der Waals surface area contributed by atoms with Crippen LogP contribution in [0.4, 0.5) is 8.78 Å². The molecule has 0 saturated carbocycles. The molecule has 37 heavy (non-hydrogen) atoms. The minimum Gasteiger partial charge on any atom is -0.340 e. The number of aromatic nitrogens is 7. The van der Waals surface area contributed by atoms with Crippen LogP contribution in [-0.2, 0) is 11.2 Å². The van der Waals surface area contributed by atoms with E-state index in [0.717, 1.165) is 0 Å². The molecule has 2 atom stereocenters. The first-order valence-corrected chi connectivity index (χ1v) is 12.3. The van der Waals surface area contributed by atoms with Gasteiger partial charge in [0.05, 0.1) is 34.3 Å². The number of H-pyrrole nitrogens is 1. The quantitative estimate of drug-likeness (QED) is 0.415. The highest BCUT2D eigenvalue weighted by Crippen LogP contribution is 2.44. The molecule has 9 nitrogen and oxygen atoms in total. The molecule has 2 aliphatic heterocycles. The largest absolute Gasteiger partial charge is 0.340 e. The molecular formula is C25H21ClF2N8O. The molecule has 1 aromatic carbocycles. The fourth-order valence-corrected chi connectivity index (χ4v) is 5.45. The molecule has 0 aliphatic carbocycles. The average molecular weight is 523 g/mol. The molecule has 12 heteroatoms. The van der Waals surface area contributed by atoms with Gasteiger partial charge in [0.25, 0.3) is 0 Å². The summed E-state index contributed by atoms with van der Waals surface area (Å²) in [5, 5.41) is 11.1. The van der Waals surface area contributed by atoms with Gasteiger partial charge in [-0.05, 0) is 59.9 Å². The number of nitrogens with one attached hydrogen (secondary N) is 1. The highest BCUT2D eigenvalue weighted by atomic mass is 35.5. The molecule has 188 valence electrons. The van der Waals surface area contributed by atoms with Crippen molar-refractivity contribution < 1.29 is 13.6 Å². The van der Waals surface area contributed by atoms with Crippen LogP contribution in [0.15, 0.2) is 43.0 Å². The number of benzene rings is 1. The Balaban J connectivity index is 1.33. The van der Waals surface area contributed by atoms with Crippen LogP contribution in [0.1, 0.15) is 49.3 Å². The van der Waals surface area contributed by atoms with Crippen molar-refractivity contribution in [1.82, 2.24) is 40.1 Å². The molecule has 5 heterocycles. The van der Waals surface area contributed by atoms with Crippen molar-refractivity contribution in [3.63, 3.8) is 0 Å². The van der Waals surface area contributed by atoms with Gasteiger partial charge in [-0.2, -0.15) is 4.68 Å². The predicted molar refractivity (Wildman–Crippen MR) is 130 cm³/mol. The Labute approximate surface area is 215 Å². The van der Waals surface area contributed by atoms with Gasteiger partial charge in [-0.1, -0.05) is 18.5 Å². The maximum Gasteiger partial charge on any atom is 0.247 e. The number of nitrogens with zero attached hydrogens (tertiary/aromatic N) is 7. The van der Waals surface area contributed by atoms with Gasteiger partial charge in [0, 0.05) is 29.4 Å². The molecule has 0 radical (unpaired) electrons. The smallest absolute Gasteiger partial charge is 0.247 e. The summed E-state index contributed by atoms with van der Waals surface area (Å²) >= 11 is 6.10. The van der Waals surface area contributed by atoms with E-state index in [4.69, 9.17) is 11.6 Å². The fourth-order valence-electron chi connectivity index (χ4n) is 5.29. The van der Waals surface area contributed by atoms with Gasteiger partial charge in [-0.3, -0.25) is 9.78 Å². The Hall–Kier alpha value is -3.99. The van der Waals surface area contributed by atoms with Gasteiger partial charge in [0.15, 0.2) is 11.6 Å². The number of fused-ring (bicyclic) bond motifs is 1. The lowest BCUT2D eigenvalue weighted by Gasteiger charge is -2.33. The number of aryl methyl sites for hydroxylation is 1. The van der Waals surface area contributed by atoms with E-state index in [1.807, 2.05) is 6.92 Å². The Morgan fingerprint density at radius 3 is 2.81 bits per heavy atom. The lowest BCUT2D eigenvalue weighted by Crippen LogP contribution is -2.39. The first-order valence-electron chi connectivity index (χ1n) is 11.9. The number of tetrazole rings is 1. The van der Waals surface area contributed by atoms with Gasteiger partial charge < -0.3 is 9.88 Å². The minimum absolute atomic E-state index is 0.0513. The second-order valence-corrected chi connectivity index (χ2v) is 9.44. The van der Waals surface area contributed by atoms with Crippen molar-refractivity contribution >= 4 is 23.1 Å². The Bertz CT molecular complexity index is 1530. The maximum absolute atomic E-state index is 15.3. The van der Waals surface area contributed by atoms with Crippen LogP contribution >= 0.6 is 11.6 Å². The van der Waals surface area contributed by atoms with Gasteiger partial charge >= 0.3 is 0 Å². The van der Waals surface area contributed by atoms with Crippen LogP contribution in [0.2, 0.25) is 5.02 Å². The number of pyridine rings is 1. The van der Waals surface area contributed by atoms with E-state index in [2.05, 4.69) is 30.5 Å². The topological polar surface area (TPSA) is 105 Å². The summed E-state index contributed by atoms with van der Waals surface area (Å²) in [6, 6.07) is 4.20. The fraction of sp³-hybridized carbons (Fsp3) is 0.280. The zero-order valence-electron chi connectivity index (χ0n) is 19.7. The standard InChI is InChI=1S/C25H21ClF2N8O/c1-2-17-23(27)15(7-8-29-17)18-11-30-25(32-18)20-5-3-14-9-13(10-21(37)36(14)20)22-19(35-12-31-33-34-35)6-4-16(26)24(22)28/h4,6-8,10-12,14,20H,2-3,5,9H2,1H3,(H,30,32)/t14-,20+/m1/s1. The zero-order valence-corrected chi connectivity index (χ0v) is 20.5. The zero-order chi connectivity index (χ0) is 25.7. The van der Waals surface area contributed by atoms with E-state index in [-0.39, 0.29) is 34.4 Å². The number of imidazole rings is 1. The summed E-state index contributed by atoms with van der Waals surface area (Å²) in [6.45, 7) is 1.84. The van der Waals surface area contributed by atoms with Crippen molar-refractivity contribution in [2.75, 3.05) is 0 Å². The van der Waals surface area contributed by atoms with Crippen molar-refractivity contribution in [2.45, 2.75) is 44.7 Å². The van der Waals surface area contributed by atoms with Gasteiger partial charge in [0.2, 0.25) is 5.91 Å². The average Bonchev–Trinajstić information content (AvgIpc) is 3.66. The summed E-state index contributed by atoms with van der Waals surface area (Å²) in [5.74, 6) is -0.677. The first-order chi connectivity index (χ1) is 18.0. The molecule has 3 aromatic heterocycles. The summed E-state index contributed by atoms with van der Waals surface area (Å²) in [7, 11) is 0. The van der Waals surface area contributed by atoms with Crippen LogP contribution in [0.25, 0.3) is 22.5 Å². The highest BCUT2D eigenvalue weighted by molar-refractivity contribution is 6.31. The number of amides is 1. The monoisotopic (exact) mass is 522 g/mol. The summed E-state index contributed by atoms with van der Waals surface area (Å²) in [6.07, 6.45) is 8.23. The molecule has 1 N–H and O–H groups in total. The van der Waals surface area contributed by atoms with E-state index in [0.29, 0.717) is 59.7 Å². The van der Waals surface area contributed by atoms with Crippen LogP contribution in [-0.4, -0.2) is 52.0 Å². The normalized spacial score (nSPS) is 19.3. The van der Waals surface area contributed by atoms with E-state index in [1.165, 1.54) is 23.2 Å². The molecule has 2 aliphatic rings. The second-order valence-electron chi connectivity index (χ2n) is 9.03. The molecule has 4 aromatic rings. The summed E-state index contributed by atoms with van der Waals surface area (Å²) in [5.41, 5.74) is 2.43. The summed E-state index contributed by atoms with van der Waals surface area (Å²) < 4.78 is 31.5. The number of carbonyl (C=O) groups is 1. The Kier molecular flexibility index (Phi) is 5.79. The van der Waals surface area contributed by atoms with E-state index in [9.17, 15) is 9.18 Å². The molecule has 0 bridgehead atoms. The number of halogens is 3. The van der Waals surface area contributed by atoms with E-state index < -0.39 is 5.82 Å². The number of hydrogen-bond donors (Lipinski definition) is 1. The highest BCUT2D eigenvalue weighted by Gasteiger charge is 2.42. The second kappa shape index (κ2) is 9.15. The third-order valence-corrected chi connectivity index (χ3v) is 7.29. The van der Waals surface area contributed by atoms with Crippen LogP contribution < -0.4 is 0 Å². The van der Waals surface area contributed by atoms with Crippen LogP contribution in [0.5, 0.6) is 0 Å². The number of rotatable bonds is 5. The van der Waals surface area contributed by atoms with E-state index >= 15 is 4.39 Å². The molecular weight excluding hydrogens is 502 g/mol. The lowest BCUT2D eigenvalue weighted by molar-refractivity contribution is -0.129. The Morgan fingerprint density at radius 2 is 2.03 bits per heavy atom. The van der Waals surface area contributed by atoms with Crippen molar-refractivity contribution in [2.24, 2.45) is 0 Å². The van der Waals surface area contributed by atoms with Crippen molar-refractivity contribution in [3.8, 4) is 16.9 Å². The van der Waals surface area contributed by atoms with Crippen molar-refractivity contribution in [1.29, 1.82) is 0 Å². The van der Waals surface area contributed by atoms with Gasteiger partial charge in [-0.15, -0.1) is 5.10 Å².